The lowest BCUT2D eigenvalue weighted by Gasteiger charge is -2.30. The number of benzene rings is 1. The first-order valence-corrected chi connectivity index (χ1v) is 10.5. The fraction of sp³-hybridized carbons (Fsp3) is 0.304. The fourth-order valence-corrected chi connectivity index (χ4v) is 3.55. The summed E-state index contributed by atoms with van der Waals surface area (Å²) in [7, 11) is 1.21. The van der Waals surface area contributed by atoms with Crippen LogP contribution in [0.5, 0.6) is 17.2 Å². The zero-order chi connectivity index (χ0) is 24.1. The Morgan fingerprint density at radius 1 is 1.15 bits per heavy atom. The Morgan fingerprint density at radius 3 is 2.50 bits per heavy atom. The first-order valence-electron chi connectivity index (χ1n) is 10.5. The molecule has 0 spiro atoms. The fourth-order valence-electron chi connectivity index (χ4n) is 3.55. The average Bonchev–Trinajstić information content (AvgIpc) is 2.87. The monoisotopic (exact) mass is 468 g/mol. The van der Waals surface area contributed by atoms with E-state index in [2.05, 4.69) is 31.2 Å². The van der Waals surface area contributed by atoms with Gasteiger partial charge in [-0.3, -0.25) is 0 Å². The van der Waals surface area contributed by atoms with Crippen LogP contribution < -0.4 is 19.7 Å². The predicted molar refractivity (Wildman–Crippen MR) is 119 cm³/mol. The number of phenols is 1. The third-order valence-corrected chi connectivity index (χ3v) is 5.48. The molecule has 34 heavy (non-hydrogen) atoms. The number of anilines is 3. The Labute approximate surface area is 194 Å². The average molecular weight is 468 g/mol. The van der Waals surface area contributed by atoms with Crippen LogP contribution in [-0.2, 0) is 6.61 Å². The van der Waals surface area contributed by atoms with Crippen molar-refractivity contribution >= 4 is 17.5 Å². The zero-order valence-electron chi connectivity index (χ0n) is 18.3. The SMILES string of the molecule is COc1cc(O)c(F)c(COc2cnc(Nc3ccc(N4CCC(C#N)CC4)nc3)nc2)c1F. The summed E-state index contributed by atoms with van der Waals surface area (Å²) >= 11 is 0. The van der Waals surface area contributed by atoms with E-state index in [9.17, 15) is 13.9 Å². The topological polar surface area (TPSA) is 116 Å². The number of piperidine rings is 1. The molecule has 1 saturated heterocycles. The van der Waals surface area contributed by atoms with E-state index in [1.54, 1.807) is 6.20 Å². The van der Waals surface area contributed by atoms with Gasteiger partial charge in [-0.05, 0) is 25.0 Å². The lowest BCUT2D eigenvalue weighted by Crippen LogP contribution is -2.33. The molecule has 11 heteroatoms. The molecular formula is C23H22F2N6O3. The van der Waals surface area contributed by atoms with E-state index in [1.165, 1.54) is 19.5 Å². The highest BCUT2D eigenvalue weighted by atomic mass is 19.1. The van der Waals surface area contributed by atoms with Crippen molar-refractivity contribution in [2.75, 3.05) is 30.4 Å². The summed E-state index contributed by atoms with van der Waals surface area (Å²) in [5.74, 6) is -1.69. The summed E-state index contributed by atoms with van der Waals surface area (Å²) in [6, 6.07) is 6.92. The highest BCUT2D eigenvalue weighted by Gasteiger charge is 2.20. The minimum Gasteiger partial charge on any atom is -0.505 e. The lowest BCUT2D eigenvalue weighted by atomic mass is 9.99. The number of nitriles is 1. The molecule has 0 saturated carbocycles. The summed E-state index contributed by atoms with van der Waals surface area (Å²) in [5.41, 5.74) is 0.211. The van der Waals surface area contributed by atoms with Gasteiger partial charge >= 0.3 is 0 Å². The Balaban J connectivity index is 1.35. The number of aromatic hydroxyl groups is 1. The molecule has 1 aromatic carbocycles. The van der Waals surface area contributed by atoms with Crippen molar-refractivity contribution in [3.8, 4) is 23.3 Å². The quantitative estimate of drug-likeness (QED) is 0.532. The molecule has 0 bridgehead atoms. The molecule has 0 amide bonds. The van der Waals surface area contributed by atoms with Gasteiger partial charge in [0.05, 0.1) is 43.0 Å². The Bertz CT molecular complexity index is 1180. The number of nitrogens with zero attached hydrogens (tertiary/aromatic N) is 5. The van der Waals surface area contributed by atoms with Gasteiger partial charge in [0.1, 0.15) is 12.4 Å². The summed E-state index contributed by atoms with van der Waals surface area (Å²) in [5, 5.41) is 21.6. The van der Waals surface area contributed by atoms with Crippen LogP contribution in [0.3, 0.4) is 0 Å². The van der Waals surface area contributed by atoms with Crippen LogP contribution in [0, 0.1) is 28.9 Å². The molecule has 0 aliphatic carbocycles. The van der Waals surface area contributed by atoms with Gasteiger partial charge in [-0.2, -0.15) is 5.26 Å². The number of hydrogen-bond acceptors (Lipinski definition) is 9. The number of halogens is 2. The maximum Gasteiger partial charge on any atom is 0.227 e. The minimum atomic E-state index is -1.12. The van der Waals surface area contributed by atoms with Gasteiger partial charge in [0.25, 0.3) is 0 Å². The Hall–Kier alpha value is -4.20. The van der Waals surface area contributed by atoms with Crippen LogP contribution in [0.15, 0.2) is 36.8 Å². The number of methoxy groups -OCH3 is 1. The van der Waals surface area contributed by atoms with Crippen LogP contribution in [0.4, 0.5) is 26.2 Å². The van der Waals surface area contributed by atoms with Crippen molar-refractivity contribution < 1.29 is 23.4 Å². The van der Waals surface area contributed by atoms with Crippen molar-refractivity contribution in [3.05, 3.63) is 54.0 Å². The minimum absolute atomic E-state index is 0.113. The second kappa shape index (κ2) is 10.2. The van der Waals surface area contributed by atoms with Crippen LogP contribution in [-0.4, -0.2) is 40.3 Å². The first kappa shape index (κ1) is 23.0. The Morgan fingerprint density at radius 2 is 1.88 bits per heavy atom. The lowest BCUT2D eigenvalue weighted by molar-refractivity contribution is 0.281. The third kappa shape index (κ3) is 5.06. The molecule has 176 valence electrons. The number of rotatable bonds is 7. The largest absolute Gasteiger partial charge is 0.505 e. The van der Waals surface area contributed by atoms with Gasteiger partial charge in [0.2, 0.25) is 5.95 Å². The summed E-state index contributed by atoms with van der Waals surface area (Å²) in [4.78, 5) is 14.9. The molecule has 1 fully saturated rings. The van der Waals surface area contributed by atoms with Crippen molar-refractivity contribution in [1.82, 2.24) is 15.0 Å². The van der Waals surface area contributed by atoms with Crippen molar-refractivity contribution in [2.45, 2.75) is 19.4 Å². The highest BCUT2D eigenvalue weighted by molar-refractivity contribution is 5.55. The van der Waals surface area contributed by atoms with Crippen molar-refractivity contribution in [2.24, 2.45) is 5.92 Å². The van der Waals surface area contributed by atoms with Crippen molar-refractivity contribution in [1.29, 1.82) is 5.26 Å². The van der Waals surface area contributed by atoms with E-state index in [0.29, 0.717) is 5.69 Å². The number of hydrogen-bond donors (Lipinski definition) is 2. The summed E-state index contributed by atoms with van der Waals surface area (Å²) in [6.07, 6.45) is 6.04. The number of nitrogens with one attached hydrogen (secondary N) is 1. The Kier molecular flexibility index (Phi) is 6.87. The molecule has 3 aromatic rings. The normalized spacial score (nSPS) is 13.9. The summed E-state index contributed by atoms with van der Waals surface area (Å²) in [6.45, 7) is 1.10. The van der Waals surface area contributed by atoms with Gasteiger partial charge in [-0.25, -0.2) is 23.7 Å². The molecule has 2 N–H and O–H groups in total. The number of pyridine rings is 1. The zero-order valence-corrected chi connectivity index (χ0v) is 18.3. The van der Waals surface area contributed by atoms with Crippen molar-refractivity contribution in [3.63, 3.8) is 0 Å². The van der Waals surface area contributed by atoms with E-state index in [1.807, 2.05) is 12.1 Å². The number of aromatic nitrogens is 3. The van der Waals surface area contributed by atoms with Crippen LogP contribution in [0.1, 0.15) is 18.4 Å². The molecule has 0 atom stereocenters. The molecule has 9 nitrogen and oxygen atoms in total. The van der Waals surface area contributed by atoms with Crippen LogP contribution >= 0.6 is 0 Å². The molecule has 0 radical (unpaired) electrons. The van der Waals surface area contributed by atoms with E-state index in [4.69, 9.17) is 14.7 Å². The molecular weight excluding hydrogens is 446 g/mol. The second-order valence-corrected chi connectivity index (χ2v) is 7.66. The summed E-state index contributed by atoms with van der Waals surface area (Å²) < 4.78 is 38.5. The van der Waals surface area contributed by atoms with E-state index >= 15 is 0 Å². The predicted octanol–water partition coefficient (Wildman–Crippen LogP) is 3.93. The van der Waals surface area contributed by atoms with E-state index < -0.39 is 29.6 Å². The van der Waals surface area contributed by atoms with Gasteiger partial charge < -0.3 is 24.8 Å². The third-order valence-electron chi connectivity index (χ3n) is 5.48. The molecule has 1 aliphatic heterocycles. The molecule has 1 aliphatic rings. The molecule has 3 heterocycles. The molecule has 2 aromatic heterocycles. The van der Waals surface area contributed by atoms with Gasteiger partial charge in [-0.15, -0.1) is 0 Å². The van der Waals surface area contributed by atoms with E-state index in [-0.39, 0.29) is 23.4 Å². The second-order valence-electron chi connectivity index (χ2n) is 7.66. The number of phenolic OH excluding ortho intramolecular Hbond substituents is 1. The molecule has 4 rings (SSSR count). The van der Waals surface area contributed by atoms with Crippen LogP contribution in [0.2, 0.25) is 0 Å². The smallest absolute Gasteiger partial charge is 0.227 e. The standard InChI is InChI=1S/C23H22F2N6O3/c1-33-19-8-18(32)21(24)17(22(19)25)13-34-16-11-28-23(29-12-16)30-15-2-3-20(27-10-15)31-6-4-14(9-26)5-7-31/h2-3,8,10-12,14,32H,4-7,13H2,1H3,(H,28,29,30). The van der Waals surface area contributed by atoms with Gasteiger partial charge in [-0.1, -0.05) is 0 Å². The van der Waals surface area contributed by atoms with Gasteiger partial charge in [0, 0.05) is 25.1 Å². The first-order chi connectivity index (χ1) is 16.5. The molecule has 0 unspecified atom stereocenters. The maximum atomic E-state index is 14.3. The van der Waals surface area contributed by atoms with Gasteiger partial charge in [0.15, 0.2) is 28.9 Å². The number of ether oxygens (including phenoxy) is 2. The van der Waals surface area contributed by atoms with Crippen LogP contribution in [0.25, 0.3) is 0 Å². The van der Waals surface area contributed by atoms with E-state index in [0.717, 1.165) is 37.8 Å². The maximum absolute atomic E-state index is 14.3. The highest BCUT2D eigenvalue weighted by Crippen LogP contribution is 2.31.